The summed E-state index contributed by atoms with van der Waals surface area (Å²) < 4.78 is 4.73. The number of aryl methyl sites for hydroxylation is 1. The van der Waals surface area contributed by atoms with E-state index < -0.39 is 11.5 Å². The number of halogens is 2. The molecule has 0 aliphatic heterocycles. The van der Waals surface area contributed by atoms with Gasteiger partial charge in [-0.3, -0.25) is 4.79 Å². The van der Waals surface area contributed by atoms with Gasteiger partial charge in [-0.25, -0.2) is 14.8 Å². The number of pyridine rings is 1. The molecule has 0 radical (unpaired) electrons. The van der Waals surface area contributed by atoms with Crippen molar-refractivity contribution < 1.29 is 9.53 Å². The highest BCUT2D eigenvalue weighted by Gasteiger charge is 2.17. The predicted molar refractivity (Wildman–Crippen MR) is 102 cm³/mol. The molecule has 0 fully saturated rings. The Morgan fingerprint density at radius 1 is 1.27 bits per heavy atom. The summed E-state index contributed by atoms with van der Waals surface area (Å²) >= 11 is 13.6. The molecule has 2 aromatic heterocycles. The molecular weight excluding hydrogens is 397 g/mol. The van der Waals surface area contributed by atoms with E-state index in [-0.39, 0.29) is 16.6 Å². The van der Waals surface area contributed by atoms with Crippen LogP contribution in [0.15, 0.2) is 34.2 Å². The highest BCUT2D eigenvalue weighted by Crippen LogP contribution is 2.30. The fraction of sp³-hybridized carbons (Fsp3) is 0.176. The largest absolute Gasteiger partial charge is 0.465 e. The molecule has 0 spiro atoms. The second-order valence-corrected chi connectivity index (χ2v) is 7.14. The number of carbonyl (C=O) groups is 1. The molecule has 0 atom stereocenters. The van der Waals surface area contributed by atoms with Crippen LogP contribution in [-0.2, 0) is 10.5 Å². The number of nitrogens with one attached hydrogen (secondary N) is 1. The molecule has 0 aliphatic rings. The summed E-state index contributed by atoms with van der Waals surface area (Å²) in [5.74, 6) is -0.195. The van der Waals surface area contributed by atoms with Crippen molar-refractivity contribution in [1.82, 2.24) is 15.0 Å². The van der Waals surface area contributed by atoms with Crippen molar-refractivity contribution in [2.24, 2.45) is 0 Å². The number of rotatable bonds is 4. The van der Waals surface area contributed by atoms with Crippen LogP contribution in [0.4, 0.5) is 0 Å². The van der Waals surface area contributed by atoms with Crippen molar-refractivity contribution in [3.8, 4) is 0 Å². The molecule has 26 heavy (non-hydrogen) atoms. The van der Waals surface area contributed by atoms with E-state index >= 15 is 0 Å². The molecule has 6 nitrogen and oxygen atoms in total. The highest BCUT2D eigenvalue weighted by molar-refractivity contribution is 7.98. The lowest BCUT2D eigenvalue weighted by atomic mass is 10.1. The number of thioether (sulfide) groups is 1. The van der Waals surface area contributed by atoms with Crippen molar-refractivity contribution in [3.05, 3.63) is 61.5 Å². The van der Waals surface area contributed by atoms with E-state index in [1.165, 1.54) is 24.9 Å². The fourth-order valence-electron chi connectivity index (χ4n) is 2.40. The SMILES string of the molecule is COC(=O)c1cc(C)nc2nc(SCc3c(Cl)cccc3Cl)[nH]c(=O)c12. The standard InChI is InChI=1S/C17H13Cl2N3O3S/c1-8-6-9(16(24)25-2)13-14(20-8)21-17(22-15(13)23)26-7-10-11(18)4-3-5-12(10)19/h3-6H,7H2,1-2H3,(H,20,21,22,23). The Morgan fingerprint density at radius 3 is 2.62 bits per heavy atom. The number of aromatic nitrogens is 3. The van der Waals surface area contributed by atoms with Crippen molar-refractivity contribution in [3.63, 3.8) is 0 Å². The molecule has 0 saturated heterocycles. The maximum Gasteiger partial charge on any atom is 0.338 e. The molecule has 0 amide bonds. The van der Waals surface area contributed by atoms with Crippen LogP contribution in [0.5, 0.6) is 0 Å². The van der Waals surface area contributed by atoms with Crippen LogP contribution >= 0.6 is 35.0 Å². The fourth-order valence-corrected chi connectivity index (χ4v) is 3.99. The van der Waals surface area contributed by atoms with Gasteiger partial charge >= 0.3 is 5.97 Å². The summed E-state index contributed by atoms with van der Waals surface area (Å²) in [4.78, 5) is 35.7. The lowest BCUT2D eigenvalue weighted by molar-refractivity contribution is 0.0602. The second kappa shape index (κ2) is 7.65. The number of esters is 1. The molecule has 9 heteroatoms. The van der Waals surface area contributed by atoms with Gasteiger partial charge < -0.3 is 9.72 Å². The van der Waals surface area contributed by atoms with E-state index in [0.29, 0.717) is 26.6 Å². The minimum absolute atomic E-state index is 0.0996. The quantitative estimate of drug-likeness (QED) is 0.398. The van der Waals surface area contributed by atoms with Gasteiger partial charge in [-0.1, -0.05) is 41.0 Å². The van der Waals surface area contributed by atoms with Gasteiger partial charge in [-0.15, -0.1) is 0 Å². The lowest BCUT2D eigenvalue weighted by Gasteiger charge is -2.08. The van der Waals surface area contributed by atoms with E-state index in [1.54, 1.807) is 25.1 Å². The molecule has 3 rings (SSSR count). The van der Waals surface area contributed by atoms with Crippen molar-refractivity contribution in [2.75, 3.05) is 7.11 Å². The van der Waals surface area contributed by atoms with Gasteiger partial charge in [0.25, 0.3) is 5.56 Å². The highest BCUT2D eigenvalue weighted by atomic mass is 35.5. The van der Waals surface area contributed by atoms with Crippen LogP contribution in [0.25, 0.3) is 11.0 Å². The number of aromatic amines is 1. The van der Waals surface area contributed by atoms with E-state index in [9.17, 15) is 9.59 Å². The molecule has 2 heterocycles. The van der Waals surface area contributed by atoms with Gasteiger partial charge in [0.15, 0.2) is 10.8 Å². The van der Waals surface area contributed by atoms with Crippen molar-refractivity contribution >= 4 is 52.0 Å². The zero-order valence-corrected chi connectivity index (χ0v) is 16.1. The van der Waals surface area contributed by atoms with Crippen LogP contribution < -0.4 is 5.56 Å². The van der Waals surface area contributed by atoms with Gasteiger partial charge in [-0.05, 0) is 30.7 Å². The first-order valence-electron chi connectivity index (χ1n) is 7.46. The molecule has 134 valence electrons. The number of hydrogen-bond acceptors (Lipinski definition) is 6. The zero-order valence-electron chi connectivity index (χ0n) is 13.8. The lowest BCUT2D eigenvalue weighted by Crippen LogP contribution is -2.16. The first kappa shape index (κ1) is 18.7. The third-order valence-corrected chi connectivity index (χ3v) is 5.21. The monoisotopic (exact) mass is 409 g/mol. The number of H-pyrrole nitrogens is 1. The van der Waals surface area contributed by atoms with E-state index in [2.05, 4.69) is 15.0 Å². The summed E-state index contributed by atoms with van der Waals surface area (Å²) in [6.45, 7) is 1.71. The minimum atomic E-state index is -0.615. The van der Waals surface area contributed by atoms with Gasteiger partial charge in [0.2, 0.25) is 0 Å². The van der Waals surface area contributed by atoms with Gasteiger partial charge in [-0.2, -0.15) is 0 Å². The summed E-state index contributed by atoms with van der Waals surface area (Å²) in [5, 5.41) is 1.53. The van der Waals surface area contributed by atoms with Gasteiger partial charge in [0.05, 0.1) is 18.1 Å². The number of nitrogens with zero attached hydrogens (tertiary/aromatic N) is 2. The third-order valence-electron chi connectivity index (χ3n) is 3.60. The van der Waals surface area contributed by atoms with Crippen molar-refractivity contribution in [1.29, 1.82) is 0 Å². The Bertz CT molecular complexity index is 1050. The maximum absolute atomic E-state index is 12.5. The van der Waals surface area contributed by atoms with Crippen LogP contribution in [0.2, 0.25) is 10.0 Å². The van der Waals surface area contributed by atoms with E-state index in [4.69, 9.17) is 27.9 Å². The number of hydrogen-bond donors (Lipinski definition) is 1. The molecular formula is C17H13Cl2N3O3S. The van der Waals surface area contributed by atoms with Gasteiger partial charge in [0.1, 0.15) is 0 Å². The molecule has 1 N–H and O–H groups in total. The number of methoxy groups -OCH3 is 1. The topological polar surface area (TPSA) is 84.9 Å². The number of benzene rings is 1. The summed E-state index contributed by atoms with van der Waals surface area (Å²) in [6, 6.07) is 6.75. The van der Waals surface area contributed by atoms with Crippen LogP contribution in [0, 0.1) is 6.92 Å². The molecule has 0 bridgehead atoms. The van der Waals surface area contributed by atoms with Crippen molar-refractivity contribution in [2.45, 2.75) is 17.8 Å². The van der Waals surface area contributed by atoms with Crippen LogP contribution in [0.3, 0.4) is 0 Å². The molecule has 0 unspecified atom stereocenters. The smallest absolute Gasteiger partial charge is 0.338 e. The first-order chi connectivity index (χ1) is 12.4. The summed E-state index contributed by atoms with van der Waals surface area (Å²) in [5.41, 5.74) is 1.16. The van der Waals surface area contributed by atoms with E-state index in [0.717, 1.165) is 5.56 Å². The average Bonchev–Trinajstić information content (AvgIpc) is 2.59. The third kappa shape index (κ3) is 3.70. The summed E-state index contributed by atoms with van der Waals surface area (Å²) in [6.07, 6.45) is 0. The summed E-state index contributed by atoms with van der Waals surface area (Å²) in [7, 11) is 1.25. The number of ether oxygens (including phenoxy) is 1. The Morgan fingerprint density at radius 2 is 1.96 bits per heavy atom. The van der Waals surface area contributed by atoms with E-state index in [1.807, 2.05) is 0 Å². The predicted octanol–water partition coefficient (Wildman–Crippen LogP) is 4.01. The van der Waals surface area contributed by atoms with Crippen LogP contribution in [-0.4, -0.2) is 28.0 Å². The van der Waals surface area contributed by atoms with Crippen LogP contribution in [0.1, 0.15) is 21.6 Å². The Hall–Kier alpha value is -2.09. The first-order valence-corrected chi connectivity index (χ1v) is 9.20. The normalized spacial score (nSPS) is 10.9. The molecule has 1 aromatic carbocycles. The van der Waals surface area contributed by atoms with Gasteiger partial charge in [0, 0.05) is 21.5 Å². The molecule has 0 saturated carbocycles. The zero-order chi connectivity index (χ0) is 18.8. The second-order valence-electron chi connectivity index (χ2n) is 5.36. The number of fused-ring (bicyclic) bond motifs is 1. The Kier molecular flexibility index (Phi) is 5.50. The maximum atomic E-state index is 12.5. The Balaban J connectivity index is 2.02. The number of carbonyl (C=O) groups excluding carboxylic acids is 1. The molecule has 0 aliphatic carbocycles. The minimum Gasteiger partial charge on any atom is -0.465 e. The average molecular weight is 410 g/mol. The molecule has 3 aromatic rings. The Labute approximate surface area is 162 Å².